The smallest absolute Gasteiger partial charge is 0.410 e. The number of unbranched alkanes of at least 4 members (excludes halogenated alkanes) is 2. The fourth-order valence-electron chi connectivity index (χ4n) is 4.24. The van der Waals surface area contributed by atoms with E-state index < -0.39 is 0 Å². The molecule has 0 aromatic heterocycles. The van der Waals surface area contributed by atoms with Crippen LogP contribution in [0.3, 0.4) is 0 Å². The van der Waals surface area contributed by atoms with Crippen molar-refractivity contribution in [3.05, 3.63) is 35.9 Å². The summed E-state index contributed by atoms with van der Waals surface area (Å²) in [5.74, 6) is 0.366. The van der Waals surface area contributed by atoms with E-state index in [0.717, 1.165) is 44.1 Å². The minimum absolute atomic E-state index is 0.0627. The first-order chi connectivity index (χ1) is 12.7. The van der Waals surface area contributed by atoms with Crippen LogP contribution < -0.4 is 0 Å². The summed E-state index contributed by atoms with van der Waals surface area (Å²) in [7, 11) is 0. The van der Waals surface area contributed by atoms with Crippen LogP contribution in [-0.2, 0) is 16.1 Å². The van der Waals surface area contributed by atoms with Crippen LogP contribution in [0.15, 0.2) is 30.3 Å². The quantitative estimate of drug-likeness (QED) is 0.687. The van der Waals surface area contributed by atoms with Gasteiger partial charge in [0, 0.05) is 30.8 Å². The molecule has 3 rings (SSSR count). The fraction of sp³-hybridized carbons (Fsp3) is 0.571. The highest BCUT2D eigenvalue weighted by atomic mass is 16.6. The van der Waals surface area contributed by atoms with Gasteiger partial charge in [0.05, 0.1) is 6.07 Å². The van der Waals surface area contributed by atoms with Gasteiger partial charge in [-0.15, -0.1) is 0 Å². The van der Waals surface area contributed by atoms with E-state index in [1.807, 2.05) is 35.2 Å². The third-order valence-corrected chi connectivity index (χ3v) is 5.57. The van der Waals surface area contributed by atoms with Crippen molar-refractivity contribution in [3.63, 3.8) is 0 Å². The molecule has 2 heterocycles. The molecule has 138 valence electrons. The molecule has 2 atom stereocenters. The average molecular weight is 354 g/mol. The Balaban J connectivity index is 1.49. The van der Waals surface area contributed by atoms with Crippen LogP contribution in [0.1, 0.15) is 56.9 Å². The zero-order chi connectivity index (χ0) is 18.4. The number of benzene rings is 1. The summed E-state index contributed by atoms with van der Waals surface area (Å²) in [5.41, 5.74) is 0.982. The van der Waals surface area contributed by atoms with Gasteiger partial charge in [0.1, 0.15) is 12.4 Å². The predicted octanol–water partition coefficient (Wildman–Crippen LogP) is 4.22. The Morgan fingerprint density at radius 3 is 2.46 bits per heavy atom. The molecule has 26 heavy (non-hydrogen) atoms. The van der Waals surface area contributed by atoms with E-state index in [1.165, 1.54) is 0 Å². The number of hydrogen-bond donors (Lipinski definition) is 0. The number of ketones is 1. The Hall–Kier alpha value is -2.35. The maximum absolute atomic E-state index is 12.5. The van der Waals surface area contributed by atoms with E-state index in [0.29, 0.717) is 18.6 Å². The third kappa shape index (κ3) is 4.43. The average Bonchev–Trinajstić information content (AvgIpc) is 2.93. The lowest BCUT2D eigenvalue weighted by Gasteiger charge is -2.37. The van der Waals surface area contributed by atoms with Gasteiger partial charge >= 0.3 is 6.09 Å². The third-order valence-electron chi connectivity index (χ3n) is 5.57. The van der Waals surface area contributed by atoms with E-state index in [-0.39, 0.29) is 30.7 Å². The maximum atomic E-state index is 12.5. The molecule has 1 aromatic rings. The monoisotopic (exact) mass is 354 g/mol. The number of nitrogens with zero attached hydrogens (tertiary/aromatic N) is 2. The fourth-order valence-corrected chi connectivity index (χ4v) is 4.24. The first-order valence-electron chi connectivity index (χ1n) is 9.57. The van der Waals surface area contributed by atoms with Crippen molar-refractivity contribution in [2.45, 2.75) is 70.1 Å². The number of carbonyl (C=O) groups excluding carboxylic acids is 2. The van der Waals surface area contributed by atoms with Crippen LogP contribution in [-0.4, -0.2) is 28.9 Å². The minimum atomic E-state index is -0.249. The van der Waals surface area contributed by atoms with Crippen molar-refractivity contribution in [3.8, 4) is 6.07 Å². The van der Waals surface area contributed by atoms with Gasteiger partial charge in [-0.1, -0.05) is 30.3 Å². The molecule has 1 aromatic carbocycles. The van der Waals surface area contributed by atoms with Crippen molar-refractivity contribution in [2.75, 3.05) is 0 Å². The van der Waals surface area contributed by atoms with Crippen molar-refractivity contribution in [2.24, 2.45) is 5.92 Å². The van der Waals surface area contributed by atoms with Crippen molar-refractivity contribution < 1.29 is 14.3 Å². The van der Waals surface area contributed by atoms with E-state index >= 15 is 0 Å². The lowest BCUT2D eigenvalue weighted by Crippen LogP contribution is -2.48. The van der Waals surface area contributed by atoms with E-state index in [4.69, 9.17) is 10.00 Å². The van der Waals surface area contributed by atoms with E-state index in [9.17, 15) is 9.59 Å². The molecule has 2 aliphatic heterocycles. The lowest BCUT2D eigenvalue weighted by atomic mass is 9.85. The topological polar surface area (TPSA) is 70.4 Å². The summed E-state index contributed by atoms with van der Waals surface area (Å²) >= 11 is 0. The first-order valence-corrected chi connectivity index (χ1v) is 9.57. The van der Waals surface area contributed by atoms with Gasteiger partial charge in [-0.2, -0.15) is 5.26 Å². The number of rotatable bonds is 7. The summed E-state index contributed by atoms with van der Waals surface area (Å²) in [6, 6.07) is 12.1. The summed E-state index contributed by atoms with van der Waals surface area (Å²) in [6.07, 6.45) is 5.85. The number of piperidine rings is 1. The van der Waals surface area contributed by atoms with Crippen molar-refractivity contribution in [1.29, 1.82) is 5.26 Å². The highest BCUT2D eigenvalue weighted by Crippen LogP contribution is 2.40. The number of ether oxygens (including phenoxy) is 1. The van der Waals surface area contributed by atoms with Crippen LogP contribution in [0, 0.1) is 17.2 Å². The summed E-state index contributed by atoms with van der Waals surface area (Å²) in [5, 5.41) is 8.57. The molecule has 2 bridgehead atoms. The molecule has 0 saturated carbocycles. The standard InChI is InChI=1S/C21H26N2O3/c22-12-6-2-5-9-20(24)17-13-18-10-11-19(14-17)23(18)21(25)26-15-16-7-3-1-4-8-16/h1,3-4,7-8,17-19H,2,5-6,9-11,13-15H2. The zero-order valence-corrected chi connectivity index (χ0v) is 15.1. The second kappa shape index (κ2) is 8.84. The van der Waals surface area contributed by atoms with Gasteiger partial charge in [-0.05, 0) is 44.1 Å². The van der Waals surface area contributed by atoms with Gasteiger partial charge < -0.3 is 9.64 Å². The second-order valence-electron chi connectivity index (χ2n) is 7.33. The molecule has 0 radical (unpaired) electrons. The Morgan fingerprint density at radius 1 is 1.12 bits per heavy atom. The van der Waals surface area contributed by atoms with E-state index in [1.54, 1.807) is 0 Å². The van der Waals surface area contributed by atoms with Gasteiger partial charge in [0.15, 0.2) is 0 Å². The Bertz CT molecular complexity index is 654. The number of fused-ring (bicyclic) bond motifs is 2. The van der Waals surface area contributed by atoms with Crippen molar-refractivity contribution >= 4 is 11.9 Å². The largest absolute Gasteiger partial charge is 0.445 e. The zero-order valence-electron chi connectivity index (χ0n) is 15.1. The molecule has 2 fully saturated rings. The van der Waals surface area contributed by atoms with E-state index in [2.05, 4.69) is 6.07 Å². The second-order valence-corrected chi connectivity index (χ2v) is 7.33. The number of hydrogen-bond acceptors (Lipinski definition) is 4. The molecule has 5 nitrogen and oxygen atoms in total. The van der Waals surface area contributed by atoms with Gasteiger partial charge in [-0.3, -0.25) is 4.79 Å². The summed E-state index contributed by atoms with van der Waals surface area (Å²) in [6.45, 7) is 0.289. The van der Waals surface area contributed by atoms with Gasteiger partial charge in [-0.25, -0.2) is 4.79 Å². The van der Waals surface area contributed by atoms with Crippen LogP contribution in [0.4, 0.5) is 4.79 Å². The Morgan fingerprint density at radius 2 is 1.81 bits per heavy atom. The van der Waals surface area contributed by atoms with Gasteiger partial charge in [0.2, 0.25) is 0 Å². The molecule has 0 aliphatic carbocycles. The minimum Gasteiger partial charge on any atom is -0.445 e. The molecule has 0 spiro atoms. The summed E-state index contributed by atoms with van der Waals surface area (Å²) in [4.78, 5) is 26.9. The first kappa shape index (κ1) is 18.4. The van der Waals surface area contributed by atoms with Crippen molar-refractivity contribution in [1.82, 2.24) is 4.90 Å². The van der Waals surface area contributed by atoms with Crippen LogP contribution in [0.5, 0.6) is 0 Å². The van der Waals surface area contributed by atoms with Crippen LogP contribution in [0.25, 0.3) is 0 Å². The predicted molar refractivity (Wildman–Crippen MR) is 97.1 cm³/mol. The summed E-state index contributed by atoms with van der Waals surface area (Å²) < 4.78 is 5.51. The molecular formula is C21H26N2O3. The van der Waals surface area contributed by atoms with Crippen LogP contribution >= 0.6 is 0 Å². The van der Waals surface area contributed by atoms with Crippen LogP contribution in [0.2, 0.25) is 0 Å². The highest BCUT2D eigenvalue weighted by Gasteiger charge is 2.45. The molecule has 2 unspecified atom stereocenters. The molecular weight excluding hydrogens is 328 g/mol. The SMILES string of the molecule is N#CCCCCC(=O)C1CC2CCC(C1)N2C(=O)OCc1ccccc1. The Labute approximate surface area is 154 Å². The number of Topliss-reactive ketones (excluding diaryl/α,β-unsaturated/α-hetero) is 1. The molecule has 2 saturated heterocycles. The number of carbonyl (C=O) groups is 2. The molecule has 2 aliphatic rings. The molecule has 0 N–H and O–H groups in total. The highest BCUT2D eigenvalue weighted by molar-refractivity contribution is 5.81. The molecule has 1 amide bonds. The molecule has 5 heteroatoms. The Kier molecular flexibility index (Phi) is 6.27. The number of amides is 1. The maximum Gasteiger partial charge on any atom is 0.410 e. The van der Waals surface area contributed by atoms with Gasteiger partial charge in [0.25, 0.3) is 0 Å². The number of nitriles is 1. The lowest BCUT2D eigenvalue weighted by molar-refractivity contribution is -0.125. The normalized spacial score (nSPS) is 24.1.